The highest BCUT2D eigenvalue weighted by molar-refractivity contribution is 6.06. The van der Waals surface area contributed by atoms with Crippen molar-refractivity contribution >= 4 is 34.3 Å². The molecule has 0 radical (unpaired) electrons. The number of nitrogens with one attached hydrogen (secondary N) is 1. The molecule has 6 nitrogen and oxygen atoms in total. The Morgan fingerprint density at radius 3 is 2.82 bits per heavy atom. The van der Waals surface area contributed by atoms with Gasteiger partial charge >= 0.3 is 5.97 Å². The van der Waals surface area contributed by atoms with Gasteiger partial charge in [-0.25, -0.2) is 9.78 Å². The Morgan fingerprint density at radius 2 is 2.07 bits per heavy atom. The van der Waals surface area contributed by atoms with Crippen molar-refractivity contribution in [1.29, 1.82) is 0 Å². The molecular weight excluding hydrogens is 356 g/mol. The fourth-order valence-electron chi connectivity index (χ4n) is 3.19. The van der Waals surface area contributed by atoms with Crippen LogP contribution in [-0.4, -0.2) is 29.3 Å². The Labute approximate surface area is 162 Å². The molecule has 142 valence electrons. The van der Waals surface area contributed by atoms with Gasteiger partial charge in [0.05, 0.1) is 12.0 Å². The second-order valence-corrected chi connectivity index (χ2v) is 6.52. The number of phenolic OH excluding ortho intramolecular Hbond substituents is 1. The van der Waals surface area contributed by atoms with Crippen LogP contribution >= 0.6 is 0 Å². The minimum Gasteiger partial charge on any atom is -0.507 e. The van der Waals surface area contributed by atoms with Gasteiger partial charge in [-0.2, -0.15) is 0 Å². The largest absolute Gasteiger partial charge is 0.507 e. The summed E-state index contributed by atoms with van der Waals surface area (Å²) in [4.78, 5) is 16.8. The lowest BCUT2D eigenvalue weighted by atomic mass is 10.0. The van der Waals surface area contributed by atoms with E-state index in [4.69, 9.17) is 9.47 Å². The molecule has 1 aliphatic heterocycles. The smallest absolute Gasteiger partial charge is 0.357 e. The first kappa shape index (κ1) is 17.9. The molecule has 2 N–H and O–H groups in total. The Balaban J connectivity index is 1.94. The average molecular weight is 376 g/mol. The number of fused-ring (bicyclic) bond motifs is 3. The molecule has 0 bridgehead atoms. The van der Waals surface area contributed by atoms with Crippen molar-refractivity contribution in [2.24, 2.45) is 0 Å². The number of rotatable bonds is 4. The summed E-state index contributed by atoms with van der Waals surface area (Å²) in [6.45, 7) is 4.41. The number of pyridine rings is 1. The second kappa shape index (κ2) is 7.23. The van der Waals surface area contributed by atoms with Crippen LogP contribution in [0.25, 0.3) is 16.8 Å². The molecule has 1 aromatic heterocycles. The van der Waals surface area contributed by atoms with Gasteiger partial charge in [-0.05, 0) is 44.2 Å². The maximum absolute atomic E-state index is 12.4. The van der Waals surface area contributed by atoms with E-state index in [1.54, 1.807) is 19.1 Å². The first-order chi connectivity index (χ1) is 13.6. The normalized spacial score (nSPS) is 12.4. The maximum Gasteiger partial charge on any atom is 0.357 e. The molecule has 1 aliphatic rings. The number of ether oxygens (including phenoxy) is 2. The van der Waals surface area contributed by atoms with Crippen LogP contribution in [-0.2, 0) is 4.74 Å². The third-order valence-corrected chi connectivity index (χ3v) is 4.49. The van der Waals surface area contributed by atoms with Gasteiger partial charge < -0.3 is 19.9 Å². The van der Waals surface area contributed by atoms with Crippen LogP contribution in [0.5, 0.6) is 11.5 Å². The third kappa shape index (κ3) is 3.24. The average Bonchev–Trinajstić information content (AvgIpc) is 2.69. The minimum absolute atomic E-state index is 0.0569. The van der Waals surface area contributed by atoms with E-state index in [1.165, 1.54) is 0 Å². The number of phenols is 1. The summed E-state index contributed by atoms with van der Waals surface area (Å²) in [5.74, 6) is 0.499. The van der Waals surface area contributed by atoms with Crippen molar-refractivity contribution in [3.8, 4) is 11.5 Å². The maximum atomic E-state index is 12.4. The Bertz CT molecular complexity index is 1090. The number of hydrogen-bond donors (Lipinski definition) is 2. The lowest BCUT2D eigenvalue weighted by Crippen LogP contribution is -2.10. The highest BCUT2D eigenvalue weighted by Gasteiger charge is 2.21. The molecule has 0 saturated carbocycles. The number of benzene rings is 2. The zero-order valence-electron chi connectivity index (χ0n) is 15.7. The SMILES string of the molecule is CCOC(=O)c1cc2c3c(cc(O)c2c(Nc2ccc(C)cc2)n1)C=CCO3. The molecule has 28 heavy (non-hydrogen) atoms. The van der Waals surface area contributed by atoms with Gasteiger partial charge in [0.1, 0.15) is 23.9 Å². The van der Waals surface area contributed by atoms with Gasteiger partial charge in [-0.15, -0.1) is 0 Å². The van der Waals surface area contributed by atoms with E-state index in [-0.39, 0.29) is 18.1 Å². The summed E-state index contributed by atoms with van der Waals surface area (Å²) in [5.41, 5.74) is 2.81. The van der Waals surface area contributed by atoms with Crippen LogP contribution in [0.3, 0.4) is 0 Å². The zero-order valence-corrected chi connectivity index (χ0v) is 15.7. The number of nitrogens with zero attached hydrogens (tertiary/aromatic N) is 1. The van der Waals surface area contributed by atoms with E-state index < -0.39 is 5.97 Å². The number of aryl methyl sites for hydroxylation is 1. The van der Waals surface area contributed by atoms with Crippen molar-refractivity contribution in [2.75, 3.05) is 18.5 Å². The summed E-state index contributed by atoms with van der Waals surface area (Å²) in [7, 11) is 0. The Kier molecular flexibility index (Phi) is 4.61. The van der Waals surface area contributed by atoms with Crippen molar-refractivity contribution in [1.82, 2.24) is 4.98 Å². The predicted octanol–water partition coefficient (Wildman–Crippen LogP) is 4.57. The Hall–Kier alpha value is -3.54. The number of anilines is 2. The number of esters is 1. The molecule has 0 atom stereocenters. The van der Waals surface area contributed by atoms with Gasteiger partial charge in [0.25, 0.3) is 0 Å². The van der Waals surface area contributed by atoms with E-state index >= 15 is 0 Å². The molecule has 2 aromatic carbocycles. The van der Waals surface area contributed by atoms with Gasteiger partial charge in [-0.3, -0.25) is 0 Å². The van der Waals surface area contributed by atoms with Gasteiger partial charge in [0.2, 0.25) is 0 Å². The van der Waals surface area contributed by atoms with Crippen LogP contribution in [0.1, 0.15) is 28.5 Å². The number of carbonyl (C=O) groups is 1. The molecule has 3 aromatic rings. The summed E-state index contributed by atoms with van der Waals surface area (Å²) in [6, 6.07) is 11.0. The van der Waals surface area contributed by atoms with Gasteiger partial charge in [-0.1, -0.05) is 23.8 Å². The molecule has 6 heteroatoms. The fourth-order valence-corrected chi connectivity index (χ4v) is 3.19. The first-order valence-electron chi connectivity index (χ1n) is 9.07. The fraction of sp³-hybridized carbons (Fsp3) is 0.182. The molecule has 0 aliphatic carbocycles. The van der Waals surface area contributed by atoms with Crippen LogP contribution in [0.15, 0.2) is 42.5 Å². The lowest BCUT2D eigenvalue weighted by molar-refractivity contribution is 0.0520. The van der Waals surface area contributed by atoms with E-state index in [2.05, 4.69) is 10.3 Å². The molecule has 2 heterocycles. The highest BCUT2D eigenvalue weighted by atomic mass is 16.5. The molecule has 0 spiro atoms. The molecular formula is C22H20N2O4. The molecule has 0 amide bonds. The topological polar surface area (TPSA) is 80.7 Å². The number of carbonyl (C=O) groups excluding carboxylic acids is 1. The van der Waals surface area contributed by atoms with E-state index in [0.29, 0.717) is 28.9 Å². The van der Waals surface area contributed by atoms with Crippen LogP contribution in [0, 0.1) is 6.92 Å². The summed E-state index contributed by atoms with van der Waals surface area (Å²) in [6.07, 6.45) is 3.75. The third-order valence-electron chi connectivity index (χ3n) is 4.49. The number of hydrogen-bond acceptors (Lipinski definition) is 6. The summed E-state index contributed by atoms with van der Waals surface area (Å²) >= 11 is 0. The first-order valence-corrected chi connectivity index (χ1v) is 9.07. The van der Waals surface area contributed by atoms with Crippen molar-refractivity contribution in [2.45, 2.75) is 13.8 Å². The van der Waals surface area contributed by atoms with E-state index in [1.807, 2.05) is 43.3 Å². The zero-order chi connectivity index (χ0) is 19.7. The quantitative estimate of drug-likeness (QED) is 0.649. The van der Waals surface area contributed by atoms with E-state index in [9.17, 15) is 9.90 Å². The predicted molar refractivity (Wildman–Crippen MR) is 108 cm³/mol. The second-order valence-electron chi connectivity index (χ2n) is 6.52. The number of aromatic hydroxyl groups is 1. The highest BCUT2D eigenvalue weighted by Crippen LogP contribution is 2.42. The van der Waals surface area contributed by atoms with Gasteiger partial charge in [0.15, 0.2) is 5.69 Å². The lowest BCUT2D eigenvalue weighted by Gasteiger charge is -2.19. The van der Waals surface area contributed by atoms with Gasteiger partial charge in [0, 0.05) is 16.6 Å². The Morgan fingerprint density at radius 1 is 1.29 bits per heavy atom. The number of aromatic nitrogens is 1. The van der Waals surface area contributed by atoms with Crippen molar-refractivity contribution in [3.63, 3.8) is 0 Å². The van der Waals surface area contributed by atoms with E-state index in [0.717, 1.165) is 16.8 Å². The minimum atomic E-state index is -0.528. The summed E-state index contributed by atoms with van der Waals surface area (Å²) < 4.78 is 10.9. The van der Waals surface area contributed by atoms with Crippen LogP contribution in [0.2, 0.25) is 0 Å². The van der Waals surface area contributed by atoms with Crippen LogP contribution < -0.4 is 10.1 Å². The molecule has 0 saturated heterocycles. The molecule has 0 fully saturated rings. The summed E-state index contributed by atoms with van der Waals surface area (Å²) in [5, 5.41) is 15.0. The van der Waals surface area contributed by atoms with Crippen molar-refractivity contribution < 1.29 is 19.4 Å². The molecule has 0 unspecified atom stereocenters. The van der Waals surface area contributed by atoms with Crippen LogP contribution in [0.4, 0.5) is 11.5 Å². The van der Waals surface area contributed by atoms with Crippen molar-refractivity contribution in [3.05, 3.63) is 59.3 Å². The monoisotopic (exact) mass is 376 g/mol. The standard InChI is InChI=1S/C22H20N2O4/c1-3-27-22(26)17-12-16-19(18(25)11-14-5-4-10-28-20(14)16)21(24-17)23-15-8-6-13(2)7-9-15/h4-9,11-12,25H,3,10H2,1-2H3,(H,23,24). The molecule has 4 rings (SSSR count).